The fourth-order valence-corrected chi connectivity index (χ4v) is 2.91. The number of hydrogen-bond donors (Lipinski definition) is 6. The molecule has 0 atom stereocenters. The van der Waals surface area contributed by atoms with E-state index in [1.165, 1.54) is 7.11 Å². The molecule has 0 amide bonds. The van der Waals surface area contributed by atoms with Gasteiger partial charge in [0.2, 0.25) is 0 Å². The molecule has 0 radical (unpaired) electrons. The van der Waals surface area contributed by atoms with Gasteiger partial charge in [0.25, 0.3) is 0 Å². The third-order valence-electron chi connectivity index (χ3n) is 4.91. The number of carboxylic acids is 2. The molecule has 18 heteroatoms. The molecular weight excluding hydrogens is 594 g/mol. The van der Waals surface area contributed by atoms with Gasteiger partial charge in [0, 0.05) is 30.8 Å². The van der Waals surface area contributed by atoms with Crippen molar-refractivity contribution in [2.45, 2.75) is 31.6 Å². The number of hydrogen-bond acceptors (Lipinski definition) is 7. The SMILES string of the molecule is COC(=O)CCCN(CCc1ccc(N=C(N)N)cc1)c1cccc(C(=N)N)c1.O=C(O)C(F)(F)F.O=C(O)C(F)(F)F. The van der Waals surface area contributed by atoms with E-state index in [0.29, 0.717) is 30.6 Å². The summed E-state index contributed by atoms with van der Waals surface area (Å²) in [5.41, 5.74) is 19.9. The molecule has 2 rings (SSSR count). The molecule has 0 aliphatic carbocycles. The van der Waals surface area contributed by atoms with E-state index >= 15 is 0 Å². The predicted molar refractivity (Wildman–Crippen MR) is 144 cm³/mol. The van der Waals surface area contributed by atoms with Crippen LogP contribution in [0.4, 0.5) is 37.7 Å². The van der Waals surface area contributed by atoms with E-state index in [1.54, 1.807) is 6.07 Å². The molecule has 0 saturated heterocycles. The van der Waals surface area contributed by atoms with Crippen LogP contribution in [0.3, 0.4) is 0 Å². The van der Waals surface area contributed by atoms with Gasteiger partial charge in [-0.3, -0.25) is 10.2 Å². The van der Waals surface area contributed by atoms with Gasteiger partial charge in [-0.05, 0) is 42.7 Å². The molecular formula is C25H30F6N6O6. The highest BCUT2D eigenvalue weighted by atomic mass is 19.4. The minimum Gasteiger partial charge on any atom is -0.475 e. The van der Waals surface area contributed by atoms with Crippen molar-refractivity contribution in [1.82, 2.24) is 0 Å². The summed E-state index contributed by atoms with van der Waals surface area (Å²) in [5.74, 6) is -5.69. The number of alkyl halides is 6. The number of rotatable bonds is 10. The molecule has 0 bridgehead atoms. The largest absolute Gasteiger partial charge is 0.490 e. The number of ether oxygens (including phenoxy) is 1. The first kappa shape index (κ1) is 38.0. The monoisotopic (exact) mass is 624 g/mol. The zero-order chi connectivity index (χ0) is 33.4. The average Bonchev–Trinajstić information content (AvgIpc) is 2.90. The zero-order valence-corrected chi connectivity index (χ0v) is 22.6. The number of methoxy groups -OCH3 is 1. The fraction of sp³-hybridized carbons (Fsp3) is 0.320. The quantitative estimate of drug-likeness (QED) is 0.0982. The summed E-state index contributed by atoms with van der Waals surface area (Å²) in [6, 6.07) is 15.3. The Balaban J connectivity index is 0.00000104. The molecule has 2 aromatic carbocycles. The van der Waals surface area contributed by atoms with Crippen LogP contribution in [0.2, 0.25) is 0 Å². The lowest BCUT2D eigenvalue weighted by molar-refractivity contribution is -0.193. The molecule has 9 N–H and O–H groups in total. The van der Waals surface area contributed by atoms with Crippen molar-refractivity contribution in [1.29, 1.82) is 5.41 Å². The van der Waals surface area contributed by atoms with Crippen LogP contribution in [0.15, 0.2) is 53.5 Å². The number of aliphatic carboxylic acids is 2. The maximum absolute atomic E-state index is 11.4. The van der Waals surface area contributed by atoms with E-state index in [2.05, 4.69) is 9.89 Å². The third kappa shape index (κ3) is 16.7. The second-order valence-corrected chi connectivity index (χ2v) is 8.19. The number of benzene rings is 2. The van der Waals surface area contributed by atoms with Crippen molar-refractivity contribution in [2.75, 3.05) is 25.1 Å². The van der Waals surface area contributed by atoms with E-state index in [9.17, 15) is 31.1 Å². The highest BCUT2D eigenvalue weighted by Gasteiger charge is 2.38. The first-order chi connectivity index (χ1) is 19.8. The van der Waals surface area contributed by atoms with Gasteiger partial charge in [-0.25, -0.2) is 14.6 Å². The van der Waals surface area contributed by atoms with Gasteiger partial charge in [-0.2, -0.15) is 26.3 Å². The van der Waals surface area contributed by atoms with Gasteiger partial charge >= 0.3 is 30.3 Å². The summed E-state index contributed by atoms with van der Waals surface area (Å²) < 4.78 is 68.2. The molecule has 0 aliphatic rings. The number of carbonyl (C=O) groups is 3. The standard InChI is InChI=1S/C21H28N6O2.2C2HF3O2/c1-29-19(28)6-3-12-27(18-5-2-4-16(14-18)20(22)23)13-11-15-7-9-17(10-8-15)26-21(24)25;2*3-2(4,5)1(6)7/h2,4-5,7-10,14H,3,6,11-13H2,1H3,(H3,22,23)(H4,24,25,26);2*(H,6,7). The molecule has 0 spiro atoms. The van der Waals surface area contributed by atoms with Crippen LogP contribution in [0.5, 0.6) is 0 Å². The number of nitrogens with two attached hydrogens (primary N) is 3. The van der Waals surface area contributed by atoms with Crippen molar-refractivity contribution in [3.05, 3.63) is 59.7 Å². The lowest BCUT2D eigenvalue weighted by atomic mass is 10.1. The Morgan fingerprint density at radius 2 is 1.42 bits per heavy atom. The fourth-order valence-electron chi connectivity index (χ4n) is 2.91. The number of nitrogens with one attached hydrogen (secondary N) is 1. The van der Waals surface area contributed by atoms with E-state index < -0.39 is 24.3 Å². The minimum atomic E-state index is -5.08. The van der Waals surface area contributed by atoms with Crippen molar-refractivity contribution in [2.24, 2.45) is 22.2 Å². The summed E-state index contributed by atoms with van der Waals surface area (Å²) in [4.78, 5) is 35.4. The third-order valence-corrected chi connectivity index (χ3v) is 4.91. The normalized spacial score (nSPS) is 10.6. The van der Waals surface area contributed by atoms with Crippen molar-refractivity contribution in [3.8, 4) is 0 Å². The second-order valence-electron chi connectivity index (χ2n) is 8.19. The van der Waals surface area contributed by atoms with E-state index in [1.807, 2.05) is 42.5 Å². The topological polar surface area (TPSA) is 218 Å². The van der Waals surface area contributed by atoms with Gasteiger partial charge in [0.05, 0.1) is 12.8 Å². The average molecular weight is 625 g/mol. The van der Waals surface area contributed by atoms with Gasteiger partial charge < -0.3 is 37.1 Å². The summed E-state index contributed by atoms with van der Waals surface area (Å²) in [5, 5.41) is 21.9. The lowest BCUT2D eigenvalue weighted by Crippen LogP contribution is -2.28. The smallest absolute Gasteiger partial charge is 0.475 e. The number of nitrogen functional groups attached to an aromatic ring is 1. The summed E-state index contributed by atoms with van der Waals surface area (Å²) >= 11 is 0. The molecule has 238 valence electrons. The first-order valence-electron chi connectivity index (χ1n) is 11.8. The summed E-state index contributed by atoms with van der Waals surface area (Å²) in [7, 11) is 1.39. The number of carbonyl (C=O) groups excluding carboxylic acids is 1. The molecule has 12 nitrogen and oxygen atoms in total. The molecule has 0 fully saturated rings. The van der Waals surface area contributed by atoms with Crippen LogP contribution < -0.4 is 22.1 Å². The highest BCUT2D eigenvalue weighted by molar-refractivity contribution is 5.95. The number of aliphatic imine (C=N–C) groups is 1. The van der Waals surface area contributed by atoms with E-state index in [4.69, 9.17) is 47.1 Å². The van der Waals surface area contributed by atoms with Crippen molar-refractivity contribution in [3.63, 3.8) is 0 Å². The molecule has 0 aliphatic heterocycles. The molecule has 0 heterocycles. The van der Waals surface area contributed by atoms with Crippen LogP contribution >= 0.6 is 0 Å². The van der Waals surface area contributed by atoms with Crippen molar-refractivity contribution < 1.29 is 55.7 Å². The predicted octanol–water partition coefficient (Wildman–Crippen LogP) is 3.14. The number of esters is 1. The molecule has 0 saturated carbocycles. The Morgan fingerprint density at radius 1 is 0.907 bits per heavy atom. The molecule has 0 aromatic heterocycles. The number of halogens is 6. The maximum atomic E-state index is 11.4. The number of nitrogens with zero attached hydrogens (tertiary/aromatic N) is 2. The Kier molecular flexibility index (Phi) is 15.6. The van der Waals surface area contributed by atoms with Gasteiger partial charge in [0.1, 0.15) is 5.84 Å². The maximum Gasteiger partial charge on any atom is 0.490 e. The van der Waals surface area contributed by atoms with Gasteiger partial charge in [-0.1, -0.05) is 24.3 Å². The first-order valence-corrected chi connectivity index (χ1v) is 11.8. The van der Waals surface area contributed by atoms with Gasteiger partial charge in [-0.15, -0.1) is 0 Å². The van der Waals surface area contributed by atoms with Crippen LogP contribution in [0, 0.1) is 5.41 Å². The van der Waals surface area contributed by atoms with E-state index in [0.717, 1.165) is 24.2 Å². The number of guanidine groups is 1. The van der Waals surface area contributed by atoms with Gasteiger partial charge in [0.15, 0.2) is 5.96 Å². The minimum absolute atomic E-state index is 0.0247. The van der Waals surface area contributed by atoms with E-state index in [-0.39, 0.29) is 17.8 Å². The Hall–Kier alpha value is -5.03. The van der Waals surface area contributed by atoms with Crippen LogP contribution in [0.1, 0.15) is 24.0 Å². The second kappa shape index (κ2) is 17.7. The molecule has 43 heavy (non-hydrogen) atoms. The Labute approximate surface area is 241 Å². The molecule has 0 unspecified atom stereocenters. The summed E-state index contributed by atoms with van der Waals surface area (Å²) in [6.45, 7) is 1.42. The summed E-state index contributed by atoms with van der Waals surface area (Å²) in [6.07, 6.45) is -8.35. The van der Waals surface area contributed by atoms with Crippen LogP contribution in [-0.4, -0.2) is 72.5 Å². The zero-order valence-electron chi connectivity index (χ0n) is 22.6. The lowest BCUT2D eigenvalue weighted by Gasteiger charge is -2.25. The Bertz CT molecular complexity index is 1220. The van der Waals surface area contributed by atoms with Crippen molar-refractivity contribution >= 4 is 41.1 Å². The van der Waals surface area contributed by atoms with Crippen LogP contribution in [0.25, 0.3) is 0 Å². The number of amidine groups is 1. The van der Waals surface area contributed by atoms with Crippen LogP contribution in [-0.2, 0) is 25.5 Å². The number of carboxylic acid groups (broad SMARTS) is 2. The number of anilines is 1. The Morgan fingerprint density at radius 3 is 1.84 bits per heavy atom. The highest BCUT2D eigenvalue weighted by Crippen LogP contribution is 2.19. The molecule has 2 aromatic rings.